The number of hydrogen-bond donors (Lipinski definition) is 1. The fourth-order valence-electron chi connectivity index (χ4n) is 2.40. The van der Waals surface area contributed by atoms with Gasteiger partial charge in [-0.05, 0) is 24.5 Å². The van der Waals surface area contributed by atoms with Crippen LogP contribution in [0, 0.1) is 5.41 Å². The normalized spacial score (nSPS) is 32.2. The Kier molecular flexibility index (Phi) is 3.76. The third kappa shape index (κ3) is 2.35. The van der Waals surface area contributed by atoms with Crippen LogP contribution in [0.4, 0.5) is 0 Å². The molecule has 1 aromatic rings. The third-order valence-corrected chi connectivity index (χ3v) is 4.58. The van der Waals surface area contributed by atoms with E-state index in [9.17, 15) is 0 Å². The molecule has 2 rings (SSSR count). The van der Waals surface area contributed by atoms with Crippen LogP contribution >= 0.6 is 11.6 Å². The van der Waals surface area contributed by atoms with E-state index in [0.29, 0.717) is 6.61 Å². The maximum Gasteiger partial charge on any atom is 0.0735 e. The number of benzene rings is 1. The van der Waals surface area contributed by atoms with E-state index in [1.807, 2.05) is 24.3 Å². The molecule has 0 radical (unpaired) electrons. The lowest BCUT2D eigenvalue weighted by atomic mass is 9.62. The molecule has 0 aliphatic heterocycles. The highest BCUT2D eigenvalue weighted by molar-refractivity contribution is 6.31. The van der Waals surface area contributed by atoms with E-state index in [1.165, 1.54) is 0 Å². The molecule has 1 aromatic carbocycles. The van der Waals surface area contributed by atoms with Crippen molar-refractivity contribution >= 4 is 11.6 Å². The highest BCUT2D eigenvalue weighted by Gasteiger charge is 2.49. The molecule has 0 heterocycles. The molecule has 3 heteroatoms. The minimum Gasteiger partial charge on any atom is -0.373 e. The summed E-state index contributed by atoms with van der Waals surface area (Å²) in [6.07, 6.45) is 2.27. The van der Waals surface area contributed by atoms with Gasteiger partial charge in [-0.3, -0.25) is 0 Å². The van der Waals surface area contributed by atoms with E-state index in [2.05, 4.69) is 13.8 Å². The molecule has 0 bridgehead atoms. The first kappa shape index (κ1) is 12.9. The van der Waals surface area contributed by atoms with Gasteiger partial charge in [0.25, 0.3) is 0 Å². The number of ether oxygens (including phenoxy) is 1. The third-order valence-electron chi connectivity index (χ3n) is 4.21. The average Bonchev–Trinajstić information content (AvgIpc) is 2.35. The summed E-state index contributed by atoms with van der Waals surface area (Å²) in [7, 11) is 0. The number of hydrogen-bond acceptors (Lipinski definition) is 2. The first-order chi connectivity index (χ1) is 8.08. The largest absolute Gasteiger partial charge is 0.373 e. The molecule has 0 amide bonds. The lowest BCUT2D eigenvalue weighted by molar-refractivity contribution is -0.126. The summed E-state index contributed by atoms with van der Waals surface area (Å²) >= 11 is 6.10. The Morgan fingerprint density at radius 2 is 2.18 bits per heavy atom. The highest BCUT2D eigenvalue weighted by Crippen LogP contribution is 2.45. The lowest BCUT2D eigenvalue weighted by Crippen LogP contribution is -2.60. The summed E-state index contributed by atoms with van der Waals surface area (Å²) in [6.45, 7) is 4.95. The maximum absolute atomic E-state index is 6.10. The Hall–Kier alpha value is -0.570. The average molecular weight is 254 g/mol. The van der Waals surface area contributed by atoms with Crippen molar-refractivity contribution in [2.45, 2.75) is 45.4 Å². The Balaban J connectivity index is 1.94. The molecule has 1 saturated carbocycles. The molecule has 0 spiro atoms. The fraction of sp³-hybridized carbons (Fsp3) is 0.571. The standard InChI is InChI=1S/C14H20ClNO/c1-3-14(2)12(16)8-13(14)17-9-10-6-4-5-7-11(10)15/h4-7,12-13H,3,8-9,16H2,1-2H3. The second-order valence-corrected chi connectivity index (χ2v) is 5.50. The molecule has 0 saturated heterocycles. The summed E-state index contributed by atoms with van der Waals surface area (Å²) in [4.78, 5) is 0. The van der Waals surface area contributed by atoms with Gasteiger partial charge < -0.3 is 10.5 Å². The Bertz CT molecular complexity index is 396. The zero-order valence-corrected chi connectivity index (χ0v) is 11.2. The number of halogens is 1. The van der Waals surface area contributed by atoms with Crippen molar-refractivity contribution in [1.29, 1.82) is 0 Å². The highest BCUT2D eigenvalue weighted by atomic mass is 35.5. The van der Waals surface area contributed by atoms with Crippen LogP contribution in [0.15, 0.2) is 24.3 Å². The molecule has 0 aromatic heterocycles. The number of rotatable bonds is 4. The topological polar surface area (TPSA) is 35.2 Å². The van der Waals surface area contributed by atoms with Crippen LogP contribution in [0.1, 0.15) is 32.3 Å². The SMILES string of the molecule is CCC1(C)C(N)CC1OCc1ccccc1Cl. The molecule has 2 nitrogen and oxygen atoms in total. The molecule has 3 unspecified atom stereocenters. The van der Waals surface area contributed by atoms with Gasteiger partial charge >= 0.3 is 0 Å². The van der Waals surface area contributed by atoms with Crippen molar-refractivity contribution in [3.8, 4) is 0 Å². The zero-order valence-electron chi connectivity index (χ0n) is 10.4. The van der Waals surface area contributed by atoms with Gasteiger partial charge in [0.05, 0.1) is 12.7 Å². The van der Waals surface area contributed by atoms with E-state index in [4.69, 9.17) is 22.1 Å². The van der Waals surface area contributed by atoms with Gasteiger partial charge in [0, 0.05) is 16.5 Å². The van der Waals surface area contributed by atoms with E-state index in [1.54, 1.807) is 0 Å². The molecule has 1 aliphatic rings. The quantitative estimate of drug-likeness (QED) is 0.893. The molecular formula is C14H20ClNO. The summed E-state index contributed by atoms with van der Waals surface area (Å²) in [6, 6.07) is 8.08. The summed E-state index contributed by atoms with van der Waals surface area (Å²) < 4.78 is 5.96. The van der Waals surface area contributed by atoms with E-state index < -0.39 is 0 Å². The fourth-order valence-corrected chi connectivity index (χ4v) is 2.59. The van der Waals surface area contributed by atoms with Crippen molar-refractivity contribution < 1.29 is 4.74 Å². The van der Waals surface area contributed by atoms with Crippen LogP contribution in [0.5, 0.6) is 0 Å². The molecule has 17 heavy (non-hydrogen) atoms. The summed E-state index contributed by atoms with van der Waals surface area (Å²) in [5.41, 5.74) is 7.23. The molecule has 1 fully saturated rings. The van der Waals surface area contributed by atoms with Crippen LogP contribution in [0.25, 0.3) is 0 Å². The van der Waals surface area contributed by atoms with Crippen molar-refractivity contribution in [2.24, 2.45) is 11.1 Å². The second kappa shape index (κ2) is 4.97. The van der Waals surface area contributed by atoms with Gasteiger partial charge in [0.15, 0.2) is 0 Å². The van der Waals surface area contributed by atoms with Crippen LogP contribution < -0.4 is 5.73 Å². The van der Waals surface area contributed by atoms with E-state index in [0.717, 1.165) is 23.4 Å². The molecular weight excluding hydrogens is 234 g/mol. The van der Waals surface area contributed by atoms with E-state index >= 15 is 0 Å². The molecule has 2 N–H and O–H groups in total. The predicted octanol–water partition coefficient (Wildman–Crippen LogP) is 3.37. The van der Waals surface area contributed by atoms with Crippen molar-refractivity contribution in [2.75, 3.05) is 0 Å². The Labute approximate surface area is 108 Å². The van der Waals surface area contributed by atoms with Gasteiger partial charge in [-0.25, -0.2) is 0 Å². The molecule has 94 valence electrons. The van der Waals surface area contributed by atoms with Gasteiger partial charge in [-0.15, -0.1) is 0 Å². The van der Waals surface area contributed by atoms with Crippen molar-refractivity contribution in [3.05, 3.63) is 34.9 Å². The van der Waals surface area contributed by atoms with Crippen LogP contribution in [-0.2, 0) is 11.3 Å². The first-order valence-corrected chi connectivity index (χ1v) is 6.56. The Morgan fingerprint density at radius 3 is 2.76 bits per heavy atom. The molecule has 1 aliphatic carbocycles. The van der Waals surface area contributed by atoms with Gasteiger partial charge in [0.1, 0.15) is 0 Å². The van der Waals surface area contributed by atoms with Gasteiger partial charge in [-0.1, -0.05) is 43.6 Å². The first-order valence-electron chi connectivity index (χ1n) is 6.18. The van der Waals surface area contributed by atoms with Crippen LogP contribution in [0.2, 0.25) is 5.02 Å². The van der Waals surface area contributed by atoms with Crippen LogP contribution in [-0.4, -0.2) is 12.1 Å². The van der Waals surface area contributed by atoms with E-state index in [-0.39, 0.29) is 17.6 Å². The van der Waals surface area contributed by atoms with Gasteiger partial charge in [0.2, 0.25) is 0 Å². The minimum atomic E-state index is 0.126. The maximum atomic E-state index is 6.10. The molecule has 3 atom stereocenters. The summed E-state index contributed by atoms with van der Waals surface area (Å²) in [5, 5.41) is 0.773. The smallest absolute Gasteiger partial charge is 0.0735 e. The zero-order chi connectivity index (χ0) is 12.5. The van der Waals surface area contributed by atoms with Crippen molar-refractivity contribution in [3.63, 3.8) is 0 Å². The number of nitrogens with two attached hydrogens (primary N) is 1. The van der Waals surface area contributed by atoms with Crippen molar-refractivity contribution in [1.82, 2.24) is 0 Å². The van der Waals surface area contributed by atoms with Gasteiger partial charge in [-0.2, -0.15) is 0 Å². The minimum absolute atomic E-state index is 0.126. The monoisotopic (exact) mass is 253 g/mol. The predicted molar refractivity (Wildman–Crippen MR) is 71.0 cm³/mol. The van der Waals surface area contributed by atoms with Crippen LogP contribution in [0.3, 0.4) is 0 Å². The summed E-state index contributed by atoms with van der Waals surface area (Å²) in [5.74, 6) is 0. The second-order valence-electron chi connectivity index (χ2n) is 5.09. The Morgan fingerprint density at radius 1 is 1.47 bits per heavy atom. The lowest BCUT2D eigenvalue weighted by Gasteiger charge is -2.51.